The van der Waals surface area contributed by atoms with Crippen LogP contribution in [0, 0.1) is 0 Å². The van der Waals surface area contributed by atoms with Crippen molar-refractivity contribution in [3.8, 4) is 0 Å². The van der Waals surface area contributed by atoms with E-state index < -0.39 is 5.25 Å². The number of Topliss-reactive ketones (excluding diaryl/α,β-unsaturated/α-hetero) is 1. The molecular weight excluding hydrogens is 156 g/mol. The van der Waals surface area contributed by atoms with Gasteiger partial charge in [-0.2, -0.15) is 9.78 Å². The van der Waals surface area contributed by atoms with E-state index in [4.69, 9.17) is 11.6 Å². The lowest BCUT2D eigenvalue weighted by Crippen LogP contribution is -2.15. The SMILES string of the molecule is CCCCC(=O)C1(Cl)OO1. The van der Waals surface area contributed by atoms with Gasteiger partial charge in [0.1, 0.15) is 0 Å². The van der Waals surface area contributed by atoms with Crippen LogP contribution in [0.5, 0.6) is 0 Å². The summed E-state index contributed by atoms with van der Waals surface area (Å²) in [5, 5.41) is -1.41. The zero-order valence-corrected chi connectivity index (χ0v) is 6.48. The van der Waals surface area contributed by atoms with Crippen LogP contribution < -0.4 is 0 Å². The fraction of sp³-hybridized carbons (Fsp3) is 0.833. The molecule has 1 saturated heterocycles. The summed E-state index contributed by atoms with van der Waals surface area (Å²) in [6.07, 6.45) is 2.23. The van der Waals surface area contributed by atoms with Crippen LogP contribution in [0.15, 0.2) is 0 Å². The fourth-order valence-electron chi connectivity index (χ4n) is 0.616. The van der Waals surface area contributed by atoms with Gasteiger partial charge in [-0.05, 0) is 18.0 Å². The molecule has 3 nitrogen and oxygen atoms in total. The van der Waals surface area contributed by atoms with Gasteiger partial charge in [-0.25, -0.2) is 0 Å². The van der Waals surface area contributed by atoms with E-state index in [1.54, 1.807) is 0 Å². The second kappa shape index (κ2) is 2.86. The van der Waals surface area contributed by atoms with Crippen LogP contribution in [0.2, 0.25) is 0 Å². The highest BCUT2D eigenvalue weighted by atomic mass is 35.5. The molecule has 4 heteroatoms. The molecular formula is C6H9ClO3. The molecule has 0 amide bonds. The van der Waals surface area contributed by atoms with Gasteiger partial charge >= 0.3 is 5.25 Å². The van der Waals surface area contributed by atoms with Gasteiger partial charge in [0.05, 0.1) is 0 Å². The molecule has 0 atom stereocenters. The molecule has 0 aliphatic carbocycles. The molecule has 1 rings (SSSR count). The van der Waals surface area contributed by atoms with Crippen LogP contribution in [-0.2, 0) is 14.6 Å². The summed E-state index contributed by atoms with van der Waals surface area (Å²) in [5.74, 6) is -0.184. The van der Waals surface area contributed by atoms with Crippen LogP contribution in [0.1, 0.15) is 26.2 Å². The van der Waals surface area contributed by atoms with E-state index in [2.05, 4.69) is 9.78 Å². The normalized spacial score (nSPS) is 20.6. The molecule has 0 saturated carbocycles. The standard InChI is InChI=1S/C6H9ClO3/c1-2-3-4-5(8)6(7)9-10-6/h2-4H2,1H3. The van der Waals surface area contributed by atoms with Gasteiger partial charge in [0, 0.05) is 6.42 Å². The first-order valence-corrected chi connectivity index (χ1v) is 3.66. The van der Waals surface area contributed by atoms with Gasteiger partial charge in [-0.3, -0.25) is 4.79 Å². The molecule has 1 aliphatic heterocycles. The Balaban J connectivity index is 2.22. The lowest BCUT2D eigenvalue weighted by atomic mass is 10.2. The number of alkyl halides is 1. The summed E-state index contributed by atoms with van der Waals surface area (Å²) in [7, 11) is 0. The molecule has 0 N–H and O–H groups in total. The van der Waals surface area contributed by atoms with Gasteiger partial charge in [0.25, 0.3) is 0 Å². The molecule has 0 aromatic rings. The van der Waals surface area contributed by atoms with Gasteiger partial charge in [-0.15, -0.1) is 0 Å². The fourth-order valence-corrected chi connectivity index (χ4v) is 0.742. The van der Waals surface area contributed by atoms with Crippen molar-refractivity contribution in [3.05, 3.63) is 0 Å². The highest BCUT2D eigenvalue weighted by Gasteiger charge is 2.54. The highest BCUT2D eigenvalue weighted by molar-refractivity contribution is 6.33. The summed E-state index contributed by atoms with van der Waals surface area (Å²) in [6.45, 7) is 2.00. The zero-order valence-electron chi connectivity index (χ0n) is 5.72. The minimum absolute atomic E-state index is 0.184. The lowest BCUT2D eigenvalue weighted by molar-refractivity contribution is -0.122. The van der Waals surface area contributed by atoms with Crippen molar-refractivity contribution in [3.63, 3.8) is 0 Å². The number of carbonyl (C=O) groups is 1. The molecule has 1 fully saturated rings. The van der Waals surface area contributed by atoms with Crippen molar-refractivity contribution in [1.82, 2.24) is 0 Å². The number of ketones is 1. The molecule has 1 aliphatic rings. The third kappa shape index (κ3) is 1.68. The van der Waals surface area contributed by atoms with E-state index in [0.29, 0.717) is 6.42 Å². The molecule has 0 aromatic carbocycles. The minimum Gasteiger partial charge on any atom is -0.292 e. The third-order valence-electron chi connectivity index (χ3n) is 1.32. The summed E-state index contributed by atoms with van der Waals surface area (Å²) in [5.41, 5.74) is 0. The van der Waals surface area contributed by atoms with E-state index in [1.165, 1.54) is 0 Å². The quantitative estimate of drug-likeness (QED) is 0.360. The zero-order chi connectivity index (χ0) is 7.61. The van der Waals surface area contributed by atoms with Crippen molar-refractivity contribution >= 4 is 17.4 Å². The number of carbonyl (C=O) groups excluding carboxylic acids is 1. The molecule has 0 aromatic heterocycles. The maximum absolute atomic E-state index is 10.9. The highest BCUT2D eigenvalue weighted by Crippen LogP contribution is 2.36. The first kappa shape index (κ1) is 7.98. The van der Waals surface area contributed by atoms with Gasteiger partial charge in [-0.1, -0.05) is 13.3 Å². The first-order chi connectivity index (χ1) is 4.69. The van der Waals surface area contributed by atoms with Crippen LogP contribution in [0.3, 0.4) is 0 Å². The second-order valence-electron chi connectivity index (χ2n) is 2.23. The summed E-state index contributed by atoms with van der Waals surface area (Å²) >= 11 is 5.44. The van der Waals surface area contributed by atoms with Gasteiger partial charge < -0.3 is 0 Å². The predicted octanol–water partition coefficient (Wildman–Crippen LogP) is 1.60. The van der Waals surface area contributed by atoms with Gasteiger partial charge in [0.15, 0.2) is 0 Å². The topological polar surface area (TPSA) is 42.1 Å². The number of hydrogen-bond donors (Lipinski definition) is 0. The molecule has 0 bridgehead atoms. The largest absolute Gasteiger partial charge is 0.365 e. The van der Waals surface area contributed by atoms with Crippen molar-refractivity contribution in [1.29, 1.82) is 0 Å². The summed E-state index contributed by atoms with van der Waals surface area (Å²) in [6, 6.07) is 0. The lowest BCUT2D eigenvalue weighted by Gasteiger charge is -1.94. The molecule has 10 heavy (non-hydrogen) atoms. The molecule has 0 radical (unpaired) electrons. The average molecular weight is 165 g/mol. The van der Waals surface area contributed by atoms with Crippen molar-refractivity contribution in [2.75, 3.05) is 0 Å². The number of unbranched alkanes of at least 4 members (excludes halogenated alkanes) is 1. The number of rotatable bonds is 4. The Hall–Kier alpha value is -0.120. The Bertz CT molecular complexity index is 142. The third-order valence-corrected chi connectivity index (χ3v) is 1.66. The maximum atomic E-state index is 10.9. The Morgan fingerprint density at radius 3 is 2.60 bits per heavy atom. The van der Waals surface area contributed by atoms with Crippen LogP contribution in [0.25, 0.3) is 0 Å². The second-order valence-corrected chi connectivity index (χ2v) is 2.73. The maximum Gasteiger partial charge on any atom is 0.365 e. The van der Waals surface area contributed by atoms with Crippen molar-refractivity contribution < 1.29 is 14.6 Å². The van der Waals surface area contributed by atoms with E-state index in [9.17, 15) is 4.79 Å². The van der Waals surface area contributed by atoms with Crippen LogP contribution >= 0.6 is 11.6 Å². The number of halogens is 1. The Morgan fingerprint density at radius 1 is 1.60 bits per heavy atom. The van der Waals surface area contributed by atoms with Crippen LogP contribution in [0.4, 0.5) is 0 Å². The Morgan fingerprint density at radius 2 is 2.20 bits per heavy atom. The molecule has 58 valence electrons. The van der Waals surface area contributed by atoms with Crippen molar-refractivity contribution in [2.24, 2.45) is 0 Å². The first-order valence-electron chi connectivity index (χ1n) is 3.28. The van der Waals surface area contributed by atoms with Crippen LogP contribution in [-0.4, -0.2) is 11.0 Å². The van der Waals surface area contributed by atoms with E-state index in [-0.39, 0.29) is 5.78 Å². The minimum atomic E-state index is -1.41. The summed E-state index contributed by atoms with van der Waals surface area (Å²) < 4.78 is 0. The van der Waals surface area contributed by atoms with E-state index in [1.807, 2.05) is 6.92 Å². The average Bonchev–Trinajstić information content (AvgIpc) is 2.64. The number of hydrogen-bond acceptors (Lipinski definition) is 3. The molecule has 0 spiro atoms. The smallest absolute Gasteiger partial charge is 0.292 e. The molecule has 1 heterocycles. The van der Waals surface area contributed by atoms with E-state index >= 15 is 0 Å². The van der Waals surface area contributed by atoms with Gasteiger partial charge in [0.2, 0.25) is 5.78 Å². The summed E-state index contributed by atoms with van der Waals surface area (Å²) in [4.78, 5) is 19.4. The monoisotopic (exact) mass is 164 g/mol. The Labute approximate surface area is 64.2 Å². The van der Waals surface area contributed by atoms with E-state index in [0.717, 1.165) is 12.8 Å². The molecule has 0 unspecified atom stereocenters. The predicted molar refractivity (Wildman–Crippen MR) is 35.3 cm³/mol. The Kier molecular flexibility index (Phi) is 2.28. The van der Waals surface area contributed by atoms with Crippen molar-refractivity contribution in [2.45, 2.75) is 31.4 Å².